The first-order valence-corrected chi connectivity index (χ1v) is 8.49. The second kappa shape index (κ2) is 7.49. The molecule has 2 rings (SSSR count). The second-order valence-electron chi connectivity index (χ2n) is 4.99. The van der Waals surface area contributed by atoms with E-state index in [1.165, 1.54) is 23.9 Å². The quantitative estimate of drug-likeness (QED) is 0.438. The summed E-state index contributed by atoms with van der Waals surface area (Å²) in [6.45, 7) is 8.17. The number of hydrogen-bond acceptors (Lipinski definition) is 2. The molecule has 0 fully saturated rings. The first-order valence-electron chi connectivity index (χ1n) is 7.14. The van der Waals surface area contributed by atoms with Crippen LogP contribution in [0.2, 0.25) is 0 Å². The van der Waals surface area contributed by atoms with Gasteiger partial charge in [0.05, 0.1) is 16.9 Å². The molecule has 1 nitrogen and oxygen atoms in total. The lowest BCUT2D eigenvalue weighted by atomic mass is 10.1. The van der Waals surface area contributed by atoms with Gasteiger partial charge in [-0.1, -0.05) is 31.0 Å². The molecule has 23 heavy (non-hydrogen) atoms. The van der Waals surface area contributed by atoms with Gasteiger partial charge in [-0.25, -0.2) is 0 Å². The summed E-state index contributed by atoms with van der Waals surface area (Å²) in [5.41, 5.74) is 0.691. The summed E-state index contributed by atoms with van der Waals surface area (Å²) >= 11 is 7.12. The van der Waals surface area contributed by atoms with Crippen molar-refractivity contribution in [1.82, 2.24) is 0 Å². The number of anilines is 1. The zero-order valence-electron chi connectivity index (χ0n) is 12.5. The van der Waals surface area contributed by atoms with Crippen molar-refractivity contribution >= 4 is 29.1 Å². The van der Waals surface area contributed by atoms with E-state index in [2.05, 4.69) is 13.2 Å². The fourth-order valence-corrected chi connectivity index (χ4v) is 3.60. The van der Waals surface area contributed by atoms with E-state index < -0.39 is 11.7 Å². The van der Waals surface area contributed by atoms with Crippen LogP contribution in [0.1, 0.15) is 18.4 Å². The summed E-state index contributed by atoms with van der Waals surface area (Å²) in [5.74, 6) is 0.527. The Bertz CT molecular complexity index is 637. The van der Waals surface area contributed by atoms with E-state index in [0.717, 1.165) is 34.4 Å². The third kappa shape index (κ3) is 3.96. The molecule has 1 heterocycles. The van der Waals surface area contributed by atoms with Crippen LogP contribution in [0.15, 0.2) is 59.0 Å². The van der Waals surface area contributed by atoms with E-state index in [4.69, 9.17) is 11.6 Å². The van der Waals surface area contributed by atoms with Crippen LogP contribution in [-0.4, -0.2) is 12.4 Å². The molecule has 0 saturated carbocycles. The predicted octanol–water partition coefficient (Wildman–Crippen LogP) is 6.22. The Morgan fingerprint density at radius 1 is 1.17 bits per heavy atom. The van der Waals surface area contributed by atoms with Crippen LogP contribution < -0.4 is 4.90 Å². The first kappa shape index (κ1) is 18.0. The van der Waals surface area contributed by atoms with Gasteiger partial charge in [-0.3, -0.25) is 0 Å². The van der Waals surface area contributed by atoms with Crippen LogP contribution >= 0.6 is 23.4 Å². The molecule has 1 aliphatic rings. The minimum Gasteiger partial charge on any atom is -0.340 e. The van der Waals surface area contributed by atoms with Crippen LogP contribution in [0.5, 0.6) is 0 Å². The van der Waals surface area contributed by atoms with Gasteiger partial charge >= 0.3 is 6.18 Å². The highest BCUT2D eigenvalue weighted by molar-refractivity contribution is 8.03. The molecule has 0 N–H and O–H groups in total. The number of nitrogens with zero attached hydrogens (tertiary/aromatic N) is 1. The highest BCUT2D eigenvalue weighted by atomic mass is 35.5. The Kier molecular flexibility index (Phi) is 5.87. The molecular formula is C17H17ClF3NS. The maximum atomic E-state index is 13.0. The Labute approximate surface area is 143 Å². The molecule has 0 radical (unpaired) electrons. The van der Waals surface area contributed by atoms with Gasteiger partial charge in [0.2, 0.25) is 0 Å². The van der Waals surface area contributed by atoms with E-state index in [1.54, 1.807) is 12.2 Å². The van der Waals surface area contributed by atoms with Crippen LogP contribution in [0.4, 0.5) is 18.9 Å². The number of halogens is 4. The number of benzene rings is 1. The summed E-state index contributed by atoms with van der Waals surface area (Å²) < 4.78 is 39.1. The van der Waals surface area contributed by atoms with E-state index in [1.807, 2.05) is 4.90 Å². The Hall–Kier alpha value is -1.33. The van der Waals surface area contributed by atoms with E-state index >= 15 is 0 Å². The highest BCUT2D eigenvalue weighted by Gasteiger charge is 2.33. The molecule has 0 spiro atoms. The van der Waals surface area contributed by atoms with E-state index in [0.29, 0.717) is 18.1 Å². The Morgan fingerprint density at radius 3 is 2.48 bits per heavy atom. The van der Waals surface area contributed by atoms with Crippen molar-refractivity contribution in [2.75, 3.05) is 17.3 Å². The standard InChI is InChI=1S/C17H17ClF3NS/c1-3-13-15(4-2)23-16-8-7-12(17(19,20)21)11-14(16)22(13)10-6-5-9-18/h3-4,7-8,11H,1-2,5-6,9-10H2. The summed E-state index contributed by atoms with van der Waals surface area (Å²) in [6, 6.07) is 3.83. The van der Waals surface area contributed by atoms with Crippen molar-refractivity contribution in [3.8, 4) is 0 Å². The largest absolute Gasteiger partial charge is 0.416 e. The van der Waals surface area contributed by atoms with Gasteiger partial charge in [0, 0.05) is 22.2 Å². The smallest absolute Gasteiger partial charge is 0.340 e. The van der Waals surface area contributed by atoms with Gasteiger partial charge in [-0.2, -0.15) is 13.2 Å². The molecule has 1 aromatic rings. The zero-order chi connectivity index (χ0) is 17.0. The molecule has 1 aromatic carbocycles. The molecule has 0 aromatic heterocycles. The monoisotopic (exact) mass is 359 g/mol. The number of hydrogen-bond donors (Lipinski definition) is 0. The lowest BCUT2D eigenvalue weighted by Gasteiger charge is -2.33. The molecule has 0 aliphatic carbocycles. The number of rotatable bonds is 6. The van der Waals surface area contributed by atoms with Crippen molar-refractivity contribution in [2.45, 2.75) is 23.9 Å². The van der Waals surface area contributed by atoms with Crippen molar-refractivity contribution in [1.29, 1.82) is 0 Å². The first-order chi connectivity index (χ1) is 10.9. The Balaban J connectivity index is 2.48. The summed E-state index contributed by atoms with van der Waals surface area (Å²) in [5, 5.41) is 0. The number of thioether (sulfide) groups is 1. The normalized spacial score (nSPS) is 14.7. The lowest BCUT2D eigenvalue weighted by Crippen LogP contribution is -2.27. The molecule has 1 aliphatic heterocycles. The number of unbranched alkanes of at least 4 members (excludes halogenated alkanes) is 1. The van der Waals surface area contributed by atoms with Gasteiger partial charge in [-0.05, 0) is 37.1 Å². The minimum atomic E-state index is -4.36. The van der Waals surface area contributed by atoms with Crippen LogP contribution in [0.25, 0.3) is 0 Å². The highest BCUT2D eigenvalue weighted by Crippen LogP contribution is 2.46. The topological polar surface area (TPSA) is 3.24 Å². The minimum absolute atomic E-state index is 0.527. The summed E-state index contributed by atoms with van der Waals surface area (Å²) in [6.07, 6.45) is 0.585. The number of fused-ring (bicyclic) bond motifs is 1. The lowest BCUT2D eigenvalue weighted by molar-refractivity contribution is -0.137. The molecule has 0 amide bonds. The summed E-state index contributed by atoms with van der Waals surface area (Å²) in [7, 11) is 0. The van der Waals surface area contributed by atoms with E-state index in [9.17, 15) is 13.2 Å². The Morgan fingerprint density at radius 2 is 1.91 bits per heavy atom. The van der Waals surface area contributed by atoms with Gasteiger partial charge in [-0.15, -0.1) is 11.6 Å². The second-order valence-corrected chi connectivity index (χ2v) is 6.45. The van der Waals surface area contributed by atoms with Crippen molar-refractivity contribution in [3.05, 3.63) is 59.7 Å². The fraction of sp³-hybridized carbons (Fsp3) is 0.294. The molecule has 0 atom stereocenters. The number of alkyl halides is 4. The maximum Gasteiger partial charge on any atom is 0.416 e. The van der Waals surface area contributed by atoms with Crippen LogP contribution in [-0.2, 0) is 6.18 Å². The van der Waals surface area contributed by atoms with Gasteiger partial charge in [0.25, 0.3) is 0 Å². The maximum absolute atomic E-state index is 13.0. The van der Waals surface area contributed by atoms with Gasteiger partial charge < -0.3 is 4.90 Å². The average Bonchev–Trinajstić information content (AvgIpc) is 2.52. The zero-order valence-corrected chi connectivity index (χ0v) is 14.1. The van der Waals surface area contributed by atoms with Gasteiger partial charge in [0.15, 0.2) is 0 Å². The average molecular weight is 360 g/mol. The third-order valence-corrected chi connectivity index (χ3v) is 4.91. The van der Waals surface area contributed by atoms with Crippen molar-refractivity contribution in [3.63, 3.8) is 0 Å². The molecule has 0 saturated heterocycles. The van der Waals surface area contributed by atoms with Crippen molar-refractivity contribution < 1.29 is 13.2 Å². The van der Waals surface area contributed by atoms with Crippen LogP contribution in [0, 0.1) is 0 Å². The molecule has 6 heteroatoms. The van der Waals surface area contributed by atoms with E-state index in [-0.39, 0.29) is 0 Å². The SMILES string of the molecule is C=CC1=C(C=C)N(CCCCCl)c2cc(C(F)(F)F)ccc2S1. The van der Waals surface area contributed by atoms with Crippen molar-refractivity contribution in [2.24, 2.45) is 0 Å². The summed E-state index contributed by atoms with van der Waals surface area (Å²) in [4.78, 5) is 3.54. The molecule has 0 unspecified atom stereocenters. The number of allylic oxidation sites excluding steroid dienone is 2. The van der Waals surface area contributed by atoms with Gasteiger partial charge in [0.1, 0.15) is 0 Å². The third-order valence-electron chi connectivity index (χ3n) is 3.48. The molecule has 0 bridgehead atoms. The predicted molar refractivity (Wildman–Crippen MR) is 92.0 cm³/mol. The molecular weight excluding hydrogens is 343 g/mol. The van der Waals surface area contributed by atoms with Crippen LogP contribution in [0.3, 0.4) is 0 Å². The molecule has 124 valence electrons. The fourth-order valence-electron chi connectivity index (χ4n) is 2.39.